The summed E-state index contributed by atoms with van der Waals surface area (Å²) in [6, 6.07) is 1.91. The van der Waals surface area contributed by atoms with Gasteiger partial charge in [-0.1, -0.05) is 0 Å². The maximum absolute atomic E-state index is 5.72. The average molecular weight is 339 g/mol. The Balaban J connectivity index is 2.11. The molecule has 0 aliphatic rings. The fourth-order valence-electron chi connectivity index (χ4n) is 2.59. The van der Waals surface area contributed by atoms with Crippen LogP contribution in [0.3, 0.4) is 0 Å². The van der Waals surface area contributed by atoms with Gasteiger partial charge in [-0.2, -0.15) is 10.2 Å². The Morgan fingerprint density at radius 3 is 2.96 bits per heavy atom. The fourth-order valence-corrected chi connectivity index (χ4v) is 2.59. The molecule has 3 aromatic heterocycles. The summed E-state index contributed by atoms with van der Waals surface area (Å²) in [5.74, 6) is 0. The van der Waals surface area contributed by atoms with Gasteiger partial charge in [-0.05, 0) is 19.9 Å². The zero-order valence-corrected chi connectivity index (χ0v) is 14.5. The number of nitrogens with two attached hydrogens (primary N) is 1. The highest BCUT2D eigenvalue weighted by atomic mass is 16.5. The van der Waals surface area contributed by atoms with Gasteiger partial charge in [-0.15, -0.1) is 0 Å². The van der Waals surface area contributed by atoms with E-state index in [2.05, 4.69) is 15.2 Å². The van der Waals surface area contributed by atoms with Crippen molar-refractivity contribution in [3.05, 3.63) is 42.7 Å². The highest BCUT2D eigenvalue weighted by Crippen LogP contribution is 2.25. The number of allylic oxidation sites excluding steroid dienone is 1. The van der Waals surface area contributed by atoms with Crippen molar-refractivity contribution in [3.63, 3.8) is 0 Å². The minimum atomic E-state index is -0.144. The van der Waals surface area contributed by atoms with Crippen LogP contribution in [0.2, 0.25) is 0 Å². The van der Waals surface area contributed by atoms with Gasteiger partial charge in [-0.3, -0.25) is 4.99 Å². The van der Waals surface area contributed by atoms with Crippen molar-refractivity contribution in [2.75, 3.05) is 13.7 Å². The molecule has 0 fully saturated rings. The number of ether oxygens (including phenoxy) is 1. The van der Waals surface area contributed by atoms with Crippen LogP contribution >= 0.6 is 0 Å². The predicted molar refractivity (Wildman–Crippen MR) is 97.1 cm³/mol. The molecule has 3 rings (SSSR count). The van der Waals surface area contributed by atoms with Crippen LogP contribution in [0.25, 0.3) is 22.3 Å². The number of fused-ring (bicyclic) bond motifs is 1. The Morgan fingerprint density at radius 2 is 2.24 bits per heavy atom. The topological polar surface area (TPSA) is 95.6 Å². The second-order valence-corrected chi connectivity index (χ2v) is 5.41. The normalized spacial score (nSPS) is 13.8. The molecule has 3 aromatic rings. The summed E-state index contributed by atoms with van der Waals surface area (Å²) in [4.78, 5) is 8.78. The lowest BCUT2D eigenvalue weighted by Crippen LogP contribution is -2.09. The zero-order chi connectivity index (χ0) is 17.8. The van der Waals surface area contributed by atoms with Crippen LogP contribution < -0.4 is 5.73 Å². The molecular formula is C17H21N7O. The molecule has 3 heterocycles. The first-order valence-corrected chi connectivity index (χ1v) is 8.02. The van der Waals surface area contributed by atoms with Gasteiger partial charge in [0.05, 0.1) is 35.5 Å². The van der Waals surface area contributed by atoms with E-state index in [0.717, 1.165) is 22.3 Å². The van der Waals surface area contributed by atoms with Crippen LogP contribution in [0.4, 0.5) is 0 Å². The molecule has 0 saturated carbocycles. The monoisotopic (exact) mass is 339 g/mol. The van der Waals surface area contributed by atoms with Crippen molar-refractivity contribution < 1.29 is 4.74 Å². The van der Waals surface area contributed by atoms with Crippen molar-refractivity contribution in [3.8, 4) is 11.3 Å². The van der Waals surface area contributed by atoms with Gasteiger partial charge in [0.15, 0.2) is 0 Å². The highest BCUT2D eigenvalue weighted by molar-refractivity contribution is 6.09. The first-order chi connectivity index (χ1) is 12.2. The Kier molecular flexibility index (Phi) is 4.90. The van der Waals surface area contributed by atoms with Crippen molar-refractivity contribution in [1.82, 2.24) is 24.4 Å². The van der Waals surface area contributed by atoms with Gasteiger partial charge < -0.3 is 10.5 Å². The van der Waals surface area contributed by atoms with Gasteiger partial charge in [0.25, 0.3) is 0 Å². The first-order valence-electron chi connectivity index (χ1n) is 8.02. The molecule has 1 atom stereocenters. The summed E-state index contributed by atoms with van der Waals surface area (Å²) in [6.07, 6.45) is 10.3. The molecule has 0 bridgehead atoms. The maximum Gasteiger partial charge on any atom is 0.147 e. The molecule has 0 radical (unpaired) electrons. The molecule has 0 aromatic carbocycles. The maximum atomic E-state index is 5.72. The van der Waals surface area contributed by atoms with Crippen LogP contribution in [0.15, 0.2) is 42.0 Å². The van der Waals surface area contributed by atoms with Crippen LogP contribution in [0.1, 0.15) is 25.8 Å². The number of hydrogen-bond acceptors (Lipinski definition) is 6. The summed E-state index contributed by atoms with van der Waals surface area (Å²) in [5.41, 5.74) is 9.66. The van der Waals surface area contributed by atoms with E-state index in [1.165, 1.54) is 6.20 Å². The van der Waals surface area contributed by atoms with Crippen molar-refractivity contribution in [2.24, 2.45) is 10.7 Å². The molecule has 0 aliphatic heterocycles. The van der Waals surface area contributed by atoms with Crippen LogP contribution in [0.5, 0.6) is 0 Å². The van der Waals surface area contributed by atoms with E-state index < -0.39 is 0 Å². The van der Waals surface area contributed by atoms with E-state index in [1.807, 2.05) is 32.3 Å². The number of aromatic nitrogens is 5. The summed E-state index contributed by atoms with van der Waals surface area (Å²) in [6.45, 7) is 4.53. The summed E-state index contributed by atoms with van der Waals surface area (Å²) in [5, 5.41) is 8.72. The molecule has 8 nitrogen and oxygen atoms in total. The second-order valence-electron chi connectivity index (χ2n) is 5.41. The second kappa shape index (κ2) is 7.27. The molecular weight excluding hydrogens is 318 g/mol. The van der Waals surface area contributed by atoms with Crippen LogP contribution in [-0.2, 0) is 4.74 Å². The molecule has 0 saturated heterocycles. The lowest BCUT2D eigenvalue weighted by atomic mass is 10.2. The van der Waals surface area contributed by atoms with E-state index in [0.29, 0.717) is 12.3 Å². The SMILES string of the molecule is CCOC(C)n1cc(-c2nc(C(C=NC)=CN)cn3nccc23)cn1. The Bertz CT molecular complexity index is 922. The van der Waals surface area contributed by atoms with E-state index >= 15 is 0 Å². The fraction of sp³-hybridized carbons (Fsp3) is 0.294. The molecule has 0 amide bonds. The first kappa shape index (κ1) is 16.8. The molecule has 130 valence electrons. The van der Waals surface area contributed by atoms with E-state index in [9.17, 15) is 0 Å². The minimum absolute atomic E-state index is 0.144. The molecule has 25 heavy (non-hydrogen) atoms. The summed E-state index contributed by atoms with van der Waals surface area (Å²) >= 11 is 0. The number of nitrogens with zero attached hydrogens (tertiary/aromatic N) is 6. The lowest BCUT2D eigenvalue weighted by Gasteiger charge is -2.11. The van der Waals surface area contributed by atoms with Gasteiger partial charge >= 0.3 is 0 Å². The number of aliphatic imine (C=N–C) groups is 1. The third-order valence-electron chi connectivity index (χ3n) is 3.79. The van der Waals surface area contributed by atoms with Crippen molar-refractivity contribution in [2.45, 2.75) is 20.1 Å². The third kappa shape index (κ3) is 3.29. The molecule has 8 heteroatoms. The van der Waals surface area contributed by atoms with Crippen LogP contribution in [-0.4, -0.2) is 44.2 Å². The minimum Gasteiger partial charge on any atom is -0.404 e. The predicted octanol–water partition coefficient (Wildman–Crippen LogP) is 2.15. The van der Waals surface area contributed by atoms with Gasteiger partial charge in [0.2, 0.25) is 0 Å². The van der Waals surface area contributed by atoms with Crippen molar-refractivity contribution in [1.29, 1.82) is 0 Å². The summed E-state index contributed by atoms with van der Waals surface area (Å²) < 4.78 is 9.12. The van der Waals surface area contributed by atoms with Gasteiger partial charge in [-0.25, -0.2) is 14.2 Å². The Hall–Kier alpha value is -3.00. The number of hydrogen-bond donors (Lipinski definition) is 1. The third-order valence-corrected chi connectivity index (χ3v) is 3.79. The van der Waals surface area contributed by atoms with E-state index in [1.54, 1.807) is 34.9 Å². The molecule has 0 aliphatic carbocycles. The number of rotatable bonds is 6. The molecule has 0 spiro atoms. The summed E-state index contributed by atoms with van der Waals surface area (Å²) in [7, 11) is 1.69. The van der Waals surface area contributed by atoms with E-state index in [-0.39, 0.29) is 6.23 Å². The Labute approximate surface area is 145 Å². The van der Waals surface area contributed by atoms with Gasteiger partial charge in [0, 0.05) is 43.4 Å². The smallest absolute Gasteiger partial charge is 0.147 e. The average Bonchev–Trinajstić information content (AvgIpc) is 3.28. The molecule has 1 unspecified atom stereocenters. The molecule has 2 N–H and O–H groups in total. The Morgan fingerprint density at radius 1 is 1.40 bits per heavy atom. The highest BCUT2D eigenvalue weighted by Gasteiger charge is 2.14. The van der Waals surface area contributed by atoms with Gasteiger partial charge in [0.1, 0.15) is 6.23 Å². The van der Waals surface area contributed by atoms with E-state index in [4.69, 9.17) is 15.5 Å². The van der Waals surface area contributed by atoms with Crippen molar-refractivity contribution >= 4 is 17.3 Å². The zero-order valence-electron chi connectivity index (χ0n) is 14.5. The van der Waals surface area contributed by atoms with Crippen LogP contribution in [0, 0.1) is 0 Å². The standard InChI is InChI=1S/C17H21N7O/c1-4-25-12(2)23-10-14(9-21-23)17-16-5-6-20-24(16)11-15(22-17)13(7-18)8-19-3/h5-12H,4,18H2,1-3H3. The largest absolute Gasteiger partial charge is 0.404 e. The lowest BCUT2D eigenvalue weighted by molar-refractivity contribution is 0.0160. The quantitative estimate of drug-likeness (QED) is 0.694.